The molecule has 2 aromatic heterocycles. The molecule has 2 aromatic rings. The topological polar surface area (TPSA) is 83.2 Å². The first kappa shape index (κ1) is 17.6. The maximum Gasteiger partial charge on any atom is 0.269 e. The second kappa shape index (κ2) is 6.97. The van der Waals surface area contributed by atoms with Gasteiger partial charge in [0.1, 0.15) is 5.69 Å². The highest BCUT2D eigenvalue weighted by Gasteiger charge is 2.28. The van der Waals surface area contributed by atoms with Crippen LogP contribution in [0.25, 0.3) is 11.3 Å². The molecular formula is C17H25N5O3. The smallest absolute Gasteiger partial charge is 0.269 e. The van der Waals surface area contributed by atoms with E-state index in [9.17, 15) is 4.79 Å². The standard InChI is InChI=1S/C17H25N5O3/c1-10-16(11(2)21(3)19-10)12-8-14(22(4)20-12)17(23)18-13-9-25-7-6-15(13)24-5/h8,13,15H,6-7,9H2,1-5H3,(H,18,23). The Labute approximate surface area is 147 Å². The van der Waals surface area contributed by atoms with Crippen LogP contribution in [0.4, 0.5) is 0 Å². The van der Waals surface area contributed by atoms with Gasteiger partial charge in [0, 0.05) is 39.1 Å². The summed E-state index contributed by atoms with van der Waals surface area (Å²) in [4.78, 5) is 12.7. The van der Waals surface area contributed by atoms with Crippen LogP contribution in [0.3, 0.4) is 0 Å². The molecule has 1 fully saturated rings. The highest BCUT2D eigenvalue weighted by atomic mass is 16.5. The molecule has 3 heterocycles. The number of rotatable bonds is 4. The summed E-state index contributed by atoms with van der Waals surface area (Å²) in [6.07, 6.45) is 0.736. The Morgan fingerprint density at radius 1 is 1.32 bits per heavy atom. The molecule has 1 aliphatic heterocycles. The number of carbonyl (C=O) groups is 1. The molecule has 136 valence electrons. The zero-order valence-electron chi connectivity index (χ0n) is 15.4. The zero-order chi connectivity index (χ0) is 18.1. The number of aromatic nitrogens is 4. The van der Waals surface area contributed by atoms with Gasteiger partial charge in [0.05, 0.1) is 30.1 Å². The van der Waals surface area contributed by atoms with E-state index in [4.69, 9.17) is 9.47 Å². The van der Waals surface area contributed by atoms with Crippen LogP contribution in [0.1, 0.15) is 28.3 Å². The van der Waals surface area contributed by atoms with E-state index in [1.165, 1.54) is 0 Å². The third-order valence-electron chi connectivity index (χ3n) is 4.79. The lowest BCUT2D eigenvalue weighted by molar-refractivity contribution is -0.0350. The van der Waals surface area contributed by atoms with Gasteiger partial charge in [0.15, 0.2) is 0 Å². The van der Waals surface area contributed by atoms with Crippen LogP contribution in [-0.4, -0.2) is 57.9 Å². The summed E-state index contributed by atoms with van der Waals surface area (Å²) in [5.74, 6) is -0.182. The number of amides is 1. The predicted molar refractivity (Wildman–Crippen MR) is 92.4 cm³/mol. The largest absolute Gasteiger partial charge is 0.379 e. The molecule has 1 amide bonds. The van der Waals surface area contributed by atoms with Crippen molar-refractivity contribution in [1.29, 1.82) is 0 Å². The van der Waals surface area contributed by atoms with Gasteiger partial charge in [0.25, 0.3) is 5.91 Å². The third kappa shape index (κ3) is 3.32. The predicted octanol–water partition coefficient (Wildman–Crippen LogP) is 0.971. The lowest BCUT2D eigenvalue weighted by atomic mass is 10.1. The molecule has 0 spiro atoms. The van der Waals surface area contributed by atoms with E-state index in [2.05, 4.69) is 15.5 Å². The van der Waals surface area contributed by atoms with E-state index < -0.39 is 0 Å². The molecule has 0 bridgehead atoms. The highest BCUT2D eigenvalue weighted by molar-refractivity contribution is 5.94. The number of carbonyl (C=O) groups excluding carboxylic acids is 1. The van der Waals surface area contributed by atoms with Crippen molar-refractivity contribution in [1.82, 2.24) is 24.9 Å². The molecule has 2 atom stereocenters. The van der Waals surface area contributed by atoms with E-state index in [1.54, 1.807) is 24.9 Å². The van der Waals surface area contributed by atoms with Gasteiger partial charge in [-0.1, -0.05) is 0 Å². The second-order valence-corrected chi connectivity index (χ2v) is 6.43. The molecule has 1 aliphatic rings. The van der Waals surface area contributed by atoms with E-state index in [0.717, 1.165) is 29.1 Å². The Kier molecular flexibility index (Phi) is 4.91. The van der Waals surface area contributed by atoms with Crippen molar-refractivity contribution in [2.75, 3.05) is 20.3 Å². The van der Waals surface area contributed by atoms with E-state index in [0.29, 0.717) is 18.9 Å². The molecule has 8 nitrogen and oxygen atoms in total. The van der Waals surface area contributed by atoms with Gasteiger partial charge in [0.2, 0.25) is 0 Å². The maximum absolute atomic E-state index is 12.7. The van der Waals surface area contributed by atoms with Gasteiger partial charge < -0.3 is 14.8 Å². The summed E-state index contributed by atoms with van der Waals surface area (Å²) in [7, 11) is 5.33. The first-order valence-electron chi connectivity index (χ1n) is 8.38. The van der Waals surface area contributed by atoms with Crippen molar-refractivity contribution in [2.45, 2.75) is 32.4 Å². The van der Waals surface area contributed by atoms with E-state index in [-0.39, 0.29) is 18.1 Å². The van der Waals surface area contributed by atoms with Crippen LogP contribution in [0.2, 0.25) is 0 Å². The van der Waals surface area contributed by atoms with Crippen LogP contribution >= 0.6 is 0 Å². The Morgan fingerprint density at radius 3 is 2.72 bits per heavy atom. The van der Waals surface area contributed by atoms with Crippen molar-refractivity contribution in [3.8, 4) is 11.3 Å². The van der Waals surface area contributed by atoms with Crippen molar-refractivity contribution < 1.29 is 14.3 Å². The van der Waals surface area contributed by atoms with Crippen molar-refractivity contribution in [3.63, 3.8) is 0 Å². The summed E-state index contributed by atoms with van der Waals surface area (Å²) in [6, 6.07) is 1.64. The van der Waals surface area contributed by atoms with Crippen molar-refractivity contribution in [2.24, 2.45) is 14.1 Å². The summed E-state index contributed by atoms with van der Waals surface area (Å²) < 4.78 is 14.3. The second-order valence-electron chi connectivity index (χ2n) is 6.43. The first-order chi connectivity index (χ1) is 11.9. The van der Waals surface area contributed by atoms with Crippen molar-refractivity contribution in [3.05, 3.63) is 23.1 Å². The Bertz CT molecular complexity index is 780. The fraction of sp³-hybridized carbons (Fsp3) is 0.588. The molecule has 0 saturated carbocycles. The quantitative estimate of drug-likeness (QED) is 0.891. The SMILES string of the molecule is COC1CCOCC1NC(=O)c1cc(-c2c(C)nn(C)c2C)nn1C. The average Bonchev–Trinajstić information content (AvgIpc) is 3.07. The molecule has 8 heteroatoms. The van der Waals surface area contributed by atoms with Crippen LogP contribution in [-0.2, 0) is 23.6 Å². The minimum Gasteiger partial charge on any atom is -0.379 e. The number of hydrogen-bond acceptors (Lipinski definition) is 5. The summed E-state index contributed by atoms with van der Waals surface area (Å²) in [6.45, 7) is 5.04. The molecule has 0 radical (unpaired) electrons. The first-order valence-corrected chi connectivity index (χ1v) is 8.38. The van der Waals surface area contributed by atoms with Gasteiger partial charge in [-0.15, -0.1) is 0 Å². The number of ether oxygens (including phenoxy) is 2. The lowest BCUT2D eigenvalue weighted by Gasteiger charge is -2.30. The third-order valence-corrected chi connectivity index (χ3v) is 4.79. The van der Waals surface area contributed by atoms with Gasteiger partial charge in [-0.25, -0.2) is 0 Å². The normalized spacial score (nSPS) is 20.7. The Morgan fingerprint density at radius 2 is 2.08 bits per heavy atom. The fourth-order valence-corrected chi connectivity index (χ4v) is 3.32. The van der Waals surface area contributed by atoms with Crippen LogP contribution < -0.4 is 5.32 Å². The number of aryl methyl sites for hydroxylation is 3. The molecule has 0 aromatic carbocycles. The molecule has 1 saturated heterocycles. The molecule has 0 aliphatic carbocycles. The lowest BCUT2D eigenvalue weighted by Crippen LogP contribution is -2.50. The summed E-state index contributed by atoms with van der Waals surface area (Å²) in [5, 5.41) is 11.9. The number of methoxy groups -OCH3 is 1. The Hall–Kier alpha value is -2.19. The van der Waals surface area contributed by atoms with Crippen LogP contribution in [0.15, 0.2) is 6.07 Å². The highest BCUT2D eigenvalue weighted by Crippen LogP contribution is 2.26. The molecule has 25 heavy (non-hydrogen) atoms. The van der Waals surface area contributed by atoms with Gasteiger partial charge in [-0.3, -0.25) is 14.2 Å². The number of nitrogens with one attached hydrogen (secondary N) is 1. The zero-order valence-corrected chi connectivity index (χ0v) is 15.4. The maximum atomic E-state index is 12.7. The minimum atomic E-state index is -0.182. The van der Waals surface area contributed by atoms with Gasteiger partial charge in [-0.05, 0) is 26.3 Å². The van der Waals surface area contributed by atoms with E-state index >= 15 is 0 Å². The van der Waals surface area contributed by atoms with Crippen LogP contribution in [0.5, 0.6) is 0 Å². The minimum absolute atomic E-state index is 0.0341. The summed E-state index contributed by atoms with van der Waals surface area (Å²) in [5.41, 5.74) is 4.12. The summed E-state index contributed by atoms with van der Waals surface area (Å²) >= 11 is 0. The van der Waals surface area contributed by atoms with Crippen molar-refractivity contribution >= 4 is 5.91 Å². The number of nitrogens with zero attached hydrogens (tertiary/aromatic N) is 4. The fourth-order valence-electron chi connectivity index (χ4n) is 3.32. The molecule has 3 rings (SSSR count). The van der Waals surface area contributed by atoms with Gasteiger partial charge in [-0.2, -0.15) is 10.2 Å². The average molecular weight is 347 g/mol. The Balaban J connectivity index is 1.83. The molecule has 2 unspecified atom stereocenters. The molecule has 1 N–H and O–H groups in total. The number of hydrogen-bond donors (Lipinski definition) is 1. The monoisotopic (exact) mass is 347 g/mol. The van der Waals surface area contributed by atoms with Crippen LogP contribution in [0, 0.1) is 13.8 Å². The van der Waals surface area contributed by atoms with Gasteiger partial charge >= 0.3 is 0 Å². The van der Waals surface area contributed by atoms with E-state index in [1.807, 2.05) is 25.6 Å². The molecular weight excluding hydrogens is 322 g/mol.